The zero-order chi connectivity index (χ0) is 20.0. The number of methoxy groups -OCH3 is 1. The van der Waals surface area contributed by atoms with Gasteiger partial charge in [-0.3, -0.25) is 4.79 Å². The number of nitrogens with zero attached hydrogens (tertiary/aromatic N) is 1. The first-order chi connectivity index (χ1) is 12.8. The molecule has 4 nitrogen and oxygen atoms in total. The highest BCUT2D eigenvalue weighted by Crippen LogP contribution is 2.24. The number of carbonyl (C=O) groups is 1. The van der Waals surface area contributed by atoms with Crippen LogP contribution in [0.15, 0.2) is 47.4 Å². The Kier molecular flexibility index (Phi) is 7.99. The van der Waals surface area contributed by atoms with Crippen molar-refractivity contribution in [2.45, 2.75) is 51.5 Å². The Balaban J connectivity index is 2.39. The zero-order valence-electron chi connectivity index (χ0n) is 17.0. The normalized spacial score (nSPS) is 14.1. The summed E-state index contributed by atoms with van der Waals surface area (Å²) >= 11 is 0. The molecule has 2 rings (SSSR count). The third-order valence-corrected chi connectivity index (χ3v) is 6.10. The Morgan fingerprint density at radius 2 is 1.70 bits per heavy atom. The Morgan fingerprint density at radius 3 is 2.30 bits per heavy atom. The second-order valence-electron chi connectivity index (χ2n) is 7.75. The molecule has 27 heavy (non-hydrogen) atoms. The van der Waals surface area contributed by atoms with Crippen LogP contribution in [0.4, 0.5) is 0 Å². The van der Waals surface area contributed by atoms with E-state index in [9.17, 15) is 9.00 Å². The molecule has 0 amide bonds. The van der Waals surface area contributed by atoms with Crippen molar-refractivity contribution < 1.29 is 13.7 Å². The number of carbonyl (C=O) groups excluding carboxylic acids is 1. The lowest BCUT2D eigenvalue weighted by molar-refractivity contribution is -0.145. The molecule has 2 aromatic carbocycles. The van der Waals surface area contributed by atoms with Crippen molar-refractivity contribution in [2.75, 3.05) is 13.7 Å². The summed E-state index contributed by atoms with van der Waals surface area (Å²) in [4.78, 5) is 13.2. The second kappa shape index (κ2) is 10.00. The highest BCUT2D eigenvalue weighted by molar-refractivity contribution is 7.82. The highest BCUT2D eigenvalue weighted by Gasteiger charge is 2.32. The molecule has 0 aromatic heterocycles. The van der Waals surface area contributed by atoms with E-state index >= 15 is 0 Å². The van der Waals surface area contributed by atoms with E-state index in [-0.39, 0.29) is 5.97 Å². The number of fused-ring (bicyclic) bond motifs is 1. The van der Waals surface area contributed by atoms with Gasteiger partial charge < -0.3 is 4.74 Å². The van der Waals surface area contributed by atoms with Crippen LogP contribution in [0, 0.1) is 11.8 Å². The van der Waals surface area contributed by atoms with Gasteiger partial charge in [0, 0.05) is 6.54 Å². The Bertz CT molecular complexity index is 788. The first-order valence-electron chi connectivity index (χ1n) is 9.58. The van der Waals surface area contributed by atoms with Crippen LogP contribution in [-0.2, 0) is 20.5 Å². The van der Waals surface area contributed by atoms with Gasteiger partial charge in [0.1, 0.15) is 17.0 Å². The van der Waals surface area contributed by atoms with Gasteiger partial charge in [-0.05, 0) is 47.6 Å². The number of ether oxygens (including phenoxy) is 1. The summed E-state index contributed by atoms with van der Waals surface area (Å²) in [7, 11) is -0.0318. The van der Waals surface area contributed by atoms with E-state index in [0.717, 1.165) is 22.1 Å². The van der Waals surface area contributed by atoms with E-state index in [1.807, 2.05) is 46.8 Å². The van der Waals surface area contributed by atoms with Crippen molar-refractivity contribution in [2.24, 2.45) is 11.8 Å². The molecule has 2 atom stereocenters. The molecule has 0 saturated heterocycles. The molecule has 1 unspecified atom stereocenters. The number of hydrogen-bond donors (Lipinski definition) is 0. The quantitative estimate of drug-likeness (QED) is 0.579. The van der Waals surface area contributed by atoms with Gasteiger partial charge in [-0.2, -0.15) is 0 Å². The predicted octanol–water partition coefficient (Wildman–Crippen LogP) is 4.80. The molecule has 0 bridgehead atoms. The molecular weight excluding hydrogens is 358 g/mol. The Labute approximate surface area is 165 Å². The van der Waals surface area contributed by atoms with E-state index in [4.69, 9.17) is 4.74 Å². The van der Waals surface area contributed by atoms with E-state index in [0.29, 0.717) is 24.8 Å². The summed E-state index contributed by atoms with van der Waals surface area (Å²) in [5.41, 5.74) is 0. The molecule has 148 valence electrons. The van der Waals surface area contributed by atoms with Gasteiger partial charge in [0.2, 0.25) is 0 Å². The molecule has 5 heteroatoms. The number of hydrogen-bond acceptors (Lipinski definition) is 3. The summed E-state index contributed by atoms with van der Waals surface area (Å²) in [5.74, 6) is 0.435. The van der Waals surface area contributed by atoms with Crippen molar-refractivity contribution >= 4 is 27.7 Å². The molecule has 0 aliphatic carbocycles. The maximum absolute atomic E-state index is 13.5. The minimum absolute atomic E-state index is 0.296. The van der Waals surface area contributed by atoms with E-state index in [1.165, 1.54) is 7.11 Å². The number of esters is 1. The molecule has 0 spiro atoms. The van der Waals surface area contributed by atoms with Gasteiger partial charge in [-0.1, -0.05) is 58.0 Å². The average molecular weight is 390 g/mol. The third-order valence-electron chi connectivity index (χ3n) is 4.58. The molecule has 0 saturated carbocycles. The van der Waals surface area contributed by atoms with Crippen LogP contribution in [0.3, 0.4) is 0 Å². The lowest BCUT2D eigenvalue weighted by Crippen LogP contribution is -2.44. The van der Waals surface area contributed by atoms with Crippen molar-refractivity contribution in [1.29, 1.82) is 0 Å². The fourth-order valence-electron chi connectivity index (χ4n) is 3.07. The molecule has 2 aromatic rings. The van der Waals surface area contributed by atoms with Gasteiger partial charge in [-0.15, -0.1) is 0 Å². The average Bonchev–Trinajstić information content (AvgIpc) is 2.65. The van der Waals surface area contributed by atoms with E-state index in [1.54, 1.807) is 0 Å². The fourth-order valence-corrected chi connectivity index (χ4v) is 4.42. The first kappa shape index (κ1) is 21.6. The van der Waals surface area contributed by atoms with Crippen LogP contribution in [0.25, 0.3) is 10.8 Å². The lowest BCUT2D eigenvalue weighted by atomic mass is 10.0. The smallest absolute Gasteiger partial charge is 0.324 e. The van der Waals surface area contributed by atoms with Gasteiger partial charge in [-0.25, -0.2) is 8.51 Å². The van der Waals surface area contributed by atoms with E-state index < -0.39 is 17.0 Å². The van der Waals surface area contributed by atoms with Crippen LogP contribution in [0.2, 0.25) is 0 Å². The van der Waals surface area contributed by atoms with Gasteiger partial charge >= 0.3 is 5.97 Å². The van der Waals surface area contributed by atoms with Crippen molar-refractivity contribution in [3.8, 4) is 0 Å². The zero-order valence-corrected chi connectivity index (χ0v) is 17.8. The van der Waals surface area contributed by atoms with Gasteiger partial charge in [0.05, 0.1) is 12.0 Å². The van der Waals surface area contributed by atoms with Crippen molar-refractivity contribution in [3.63, 3.8) is 0 Å². The second-order valence-corrected chi connectivity index (χ2v) is 9.19. The maximum Gasteiger partial charge on any atom is 0.324 e. The Morgan fingerprint density at radius 1 is 1.04 bits per heavy atom. The molecule has 0 aliphatic rings. The van der Waals surface area contributed by atoms with Gasteiger partial charge in [0.25, 0.3) is 0 Å². The summed E-state index contributed by atoms with van der Waals surface area (Å²) in [6.45, 7) is 8.98. The maximum atomic E-state index is 13.5. The minimum Gasteiger partial charge on any atom is -0.468 e. The van der Waals surface area contributed by atoms with Crippen LogP contribution >= 0.6 is 0 Å². The standard InChI is InChI=1S/C22H31NO3S/c1-16(2)12-13-23(21(14-17(3)4)22(24)26-5)27(25)20-11-10-18-8-6-7-9-19(18)15-20/h6-11,15-17,21H,12-14H2,1-5H3/t21-,27?/m1/s1. The monoisotopic (exact) mass is 389 g/mol. The lowest BCUT2D eigenvalue weighted by Gasteiger charge is -2.30. The molecule has 0 fully saturated rings. The third kappa shape index (κ3) is 5.88. The van der Waals surface area contributed by atoms with Crippen LogP contribution < -0.4 is 0 Å². The minimum atomic E-state index is -1.43. The molecule has 0 radical (unpaired) electrons. The van der Waals surface area contributed by atoms with E-state index in [2.05, 4.69) is 27.7 Å². The highest BCUT2D eigenvalue weighted by atomic mass is 32.2. The molecule has 0 N–H and O–H groups in total. The topological polar surface area (TPSA) is 46.6 Å². The number of benzene rings is 2. The SMILES string of the molecule is COC(=O)[C@@H](CC(C)C)N(CCC(C)C)S(=O)c1ccc2ccccc2c1. The number of rotatable bonds is 9. The van der Waals surface area contributed by atoms with Crippen LogP contribution in [0.5, 0.6) is 0 Å². The summed E-state index contributed by atoms with van der Waals surface area (Å²) in [5, 5.41) is 2.16. The fraction of sp³-hybridized carbons (Fsp3) is 0.500. The van der Waals surface area contributed by atoms with Crippen LogP contribution in [0.1, 0.15) is 40.5 Å². The van der Waals surface area contributed by atoms with Crippen molar-refractivity contribution in [3.05, 3.63) is 42.5 Å². The molecule has 0 heterocycles. The summed E-state index contributed by atoms with van der Waals surface area (Å²) < 4.78 is 20.3. The first-order valence-corrected chi connectivity index (χ1v) is 10.7. The largest absolute Gasteiger partial charge is 0.468 e. The summed E-state index contributed by atoms with van der Waals surface area (Å²) in [6.07, 6.45) is 1.48. The van der Waals surface area contributed by atoms with Crippen molar-refractivity contribution in [1.82, 2.24) is 4.31 Å². The summed E-state index contributed by atoms with van der Waals surface area (Å²) in [6, 6.07) is 13.3. The van der Waals surface area contributed by atoms with Gasteiger partial charge in [0.15, 0.2) is 0 Å². The van der Waals surface area contributed by atoms with Crippen LogP contribution in [-0.4, -0.2) is 34.2 Å². The molecular formula is C22H31NO3S. The Hall–Kier alpha value is -1.72. The predicted molar refractivity (Wildman–Crippen MR) is 112 cm³/mol. The molecule has 0 aliphatic heterocycles.